The highest BCUT2D eigenvalue weighted by Crippen LogP contribution is 2.07. The zero-order valence-corrected chi connectivity index (χ0v) is 8.18. The lowest BCUT2D eigenvalue weighted by Gasteiger charge is -2.20. The molecule has 0 saturated heterocycles. The molecule has 2 heteroatoms. The average Bonchev–Trinajstić information content (AvgIpc) is 1.85. The van der Waals surface area contributed by atoms with Crippen LogP contribution in [0, 0.1) is 0 Å². The smallest absolute Gasteiger partial charge is 0.0598 e. The van der Waals surface area contributed by atoms with Crippen LogP contribution in [0.15, 0.2) is 0 Å². The summed E-state index contributed by atoms with van der Waals surface area (Å²) in [5, 5.41) is 0. The van der Waals surface area contributed by atoms with Gasteiger partial charge in [0.25, 0.3) is 0 Å². The molecule has 0 amide bonds. The van der Waals surface area contributed by atoms with Crippen molar-refractivity contribution >= 4 is 0 Å². The Morgan fingerprint density at radius 2 is 1.91 bits per heavy atom. The van der Waals surface area contributed by atoms with Crippen LogP contribution < -0.4 is 5.73 Å². The summed E-state index contributed by atoms with van der Waals surface area (Å²) in [6.45, 7) is 9.06. The highest BCUT2D eigenvalue weighted by molar-refractivity contribution is 4.62. The predicted molar refractivity (Wildman–Crippen MR) is 48.6 cm³/mol. The summed E-state index contributed by atoms with van der Waals surface area (Å²) in [5.74, 6) is 0. The van der Waals surface area contributed by atoms with Gasteiger partial charge in [-0.3, -0.25) is 0 Å². The summed E-state index contributed by atoms with van der Waals surface area (Å²) < 4.78 is 5.52. The van der Waals surface area contributed by atoms with E-state index in [0.717, 1.165) is 19.4 Å². The van der Waals surface area contributed by atoms with Crippen LogP contribution in [0.1, 0.15) is 40.5 Å². The second-order valence-electron chi connectivity index (χ2n) is 3.92. The number of ether oxygens (including phenoxy) is 1. The molecule has 0 aromatic rings. The maximum Gasteiger partial charge on any atom is 0.0598 e. The first-order chi connectivity index (χ1) is 4.95. The van der Waals surface area contributed by atoms with E-state index in [1.165, 1.54) is 0 Å². The van der Waals surface area contributed by atoms with Gasteiger partial charge in [0, 0.05) is 12.6 Å². The molecule has 0 rings (SSSR count). The predicted octanol–water partition coefficient (Wildman–Crippen LogP) is 1.93. The van der Waals surface area contributed by atoms with E-state index in [4.69, 9.17) is 10.5 Å². The van der Waals surface area contributed by atoms with Crippen LogP contribution in [-0.4, -0.2) is 18.2 Å². The molecule has 0 spiro atoms. The van der Waals surface area contributed by atoms with Crippen LogP contribution in [-0.2, 0) is 4.74 Å². The van der Waals surface area contributed by atoms with Crippen molar-refractivity contribution < 1.29 is 4.74 Å². The summed E-state index contributed by atoms with van der Waals surface area (Å²) in [4.78, 5) is 0. The van der Waals surface area contributed by atoms with Crippen molar-refractivity contribution in [2.45, 2.75) is 52.2 Å². The van der Waals surface area contributed by atoms with Crippen LogP contribution in [0.3, 0.4) is 0 Å². The Hall–Kier alpha value is -0.0800. The monoisotopic (exact) mass is 159 g/mol. The van der Waals surface area contributed by atoms with Gasteiger partial charge in [-0.25, -0.2) is 0 Å². The van der Waals surface area contributed by atoms with Gasteiger partial charge in [0.15, 0.2) is 0 Å². The molecule has 0 aliphatic rings. The van der Waals surface area contributed by atoms with Gasteiger partial charge < -0.3 is 10.5 Å². The Morgan fingerprint density at radius 1 is 1.36 bits per heavy atom. The standard InChI is InChI=1S/C9H21NO/c1-5-8(10)6-7-11-9(2,3)4/h8H,5-7,10H2,1-4H3. The van der Waals surface area contributed by atoms with Gasteiger partial charge in [-0.15, -0.1) is 0 Å². The maximum absolute atomic E-state index is 5.72. The molecule has 11 heavy (non-hydrogen) atoms. The SMILES string of the molecule is CCC(N)CCOC(C)(C)C. The second-order valence-corrected chi connectivity index (χ2v) is 3.92. The lowest BCUT2D eigenvalue weighted by atomic mass is 10.1. The molecule has 0 radical (unpaired) electrons. The summed E-state index contributed by atoms with van der Waals surface area (Å²) in [6, 6.07) is 0.303. The number of rotatable bonds is 4. The normalized spacial score (nSPS) is 15.0. The molecule has 0 heterocycles. The Labute approximate surface area is 70.1 Å². The molecule has 0 aromatic carbocycles. The molecule has 2 N–H and O–H groups in total. The number of hydrogen-bond acceptors (Lipinski definition) is 2. The topological polar surface area (TPSA) is 35.2 Å². The fourth-order valence-corrected chi connectivity index (χ4v) is 0.721. The number of nitrogens with two attached hydrogens (primary N) is 1. The van der Waals surface area contributed by atoms with Crippen LogP contribution in [0.25, 0.3) is 0 Å². The van der Waals surface area contributed by atoms with Crippen LogP contribution in [0.5, 0.6) is 0 Å². The van der Waals surface area contributed by atoms with Crippen molar-refractivity contribution in [3.63, 3.8) is 0 Å². The van der Waals surface area contributed by atoms with Crippen molar-refractivity contribution in [2.24, 2.45) is 5.73 Å². The first kappa shape index (κ1) is 10.9. The van der Waals surface area contributed by atoms with Gasteiger partial charge in [0.1, 0.15) is 0 Å². The molecule has 0 aromatic heterocycles. The second kappa shape index (κ2) is 4.73. The third kappa shape index (κ3) is 7.82. The molecule has 0 bridgehead atoms. The molecular formula is C9H21NO. The summed E-state index contributed by atoms with van der Waals surface area (Å²) >= 11 is 0. The summed E-state index contributed by atoms with van der Waals surface area (Å²) in [6.07, 6.45) is 2.00. The highest BCUT2D eigenvalue weighted by atomic mass is 16.5. The zero-order valence-electron chi connectivity index (χ0n) is 8.18. The maximum atomic E-state index is 5.72. The molecular weight excluding hydrogens is 138 g/mol. The van der Waals surface area contributed by atoms with E-state index in [1.54, 1.807) is 0 Å². The largest absolute Gasteiger partial charge is 0.376 e. The van der Waals surface area contributed by atoms with E-state index < -0.39 is 0 Å². The lowest BCUT2D eigenvalue weighted by molar-refractivity contribution is -0.00606. The van der Waals surface area contributed by atoms with Gasteiger partial charge in [-0.2, -0.15) is 0 Å². The van der Waals surface area contributed by atoms with Gasteiger partial charge in [0.05, 0.1) is 5.60 Å². The van der Waals surface area contributed by atoms with E-state index in [0.29, 0.717) is 6.04 Å². The van der Waals surface area contributed by atoms with Crippen LogP contribution >= 0.6 is 0 Å². The zero-order chi connectivity index (χ0) is 8.91. The molecule has 0 saturated carbocycles. The van der Waals surface area contributed by atoms with E-state index in [2.05, 4.69) is 27.7 Å². The lowest BCUT2D eigenvalue weighted by Crippen LogP contribution is -2.25. The Balaban J connectivity index is 3.28. The Kier molecular flexibility index (Phi) is 4.69. The third-order valence-corrected chi connectivity index (χ3v) is 1.55. The van der Waals surface area contributed by atoms with Gasteiger partial charge >= 0.3 is 0 Å². The van der Waals surface area contributed by atoms with Crippen molar-refractivity contribution in [2.75, 3.05) is 6.61 Å². The van der Waals surface area contributed by atoms with E-state index >= 15 is 0 Å². The summed E-state index contributed by atoms with van der Waals surface area (Å²) in [7, 11) is 0. The average molecular weight is 159 g/mol. The minimum atomic E-state index is -0.0204. The van der Waals surface area contributed by atoms with Gasteiger partial charge in [0.2, 0.25) is 0 Å². The quantitative estimate of drug-likeness (QED) is 0.680. The molecule has 1 atom stereocenters. The van der Waals surface area contributed by atoms with Crippen molar-refractivity contribution in [3.8, 4) is 0 Å². The molecule has 0 aliphatic carbocycles. The first-order valence-corrected chi connectivity index (χ1v) is 4.35. The fourth-order valence-electron chi connectivity index (χ4n) is 0.721. The van der Waals surface area contributed by atoms with Crippen molar-refractivity contribution in [1.82, 2.24) is 0 Å². The van der Waals surface area contributed by atoms with E-state index in [9.17, 15) is 0 Å². The third-order valence-electron chi connectivity index (χ3n) is 1.55. The minimum Gasteiger partial charge on any atom is -0.376 e. The molecule has 68 valence electrons. The fraction of sp³-hybridized carbons (Fsp3) is 1.00. The van der Waals surface area contributed by atoms with E-state index in [-0.39, 0.29) is 5.60 Å². The van der Waals surface area contributed by atoms with Crippen LogP contribution in [0.2, 0.25) is 0 Å². The highest BCUT2D eigenvalue weighted by Gasteiger charge is 2.09. The van der Waals surface area contributed by atoms with E-state index in [1.807, 2.05) is 0 Å². The molecule has 2 nitrogen and oxygen atoms in total. The van der Waals surface area contributed by atoms with Crippen LogP contribution in [0.4, 0.5) is 0 Å². The Morgan fingerprint density at radius 3 is 2.27 bits per heavy atom. The molecule has 1 unspecified atom stereocenters. The summed E-state index contributed by atoms with van der Waals surface area (Å²) in [5.41, 5.74) is 5.70. The first-order valence-electron chi connectivity index (χ1n) is 4.35. The Bertz CT molecular complexity index is 96.2. The van der Waals surface area contributed by atoms with Gasteiger partial charge in [-0.05, 0) is 33.6 Å². The minimum absolute atomic E-state index is 0.0204. The van der Waals surface area contributed by atoms with Crippen molar-refractivity contribution in [1.29, 1.82) is 0 Å². The van der Waals surface area contributed by atoms with Crippen molar-refractivity contribution in [3.05, 3.63) is 0 Å². The molecule has 0 aliphatic heterocycles. The molecule has 0 fully saturated rings. The number of hydrogen-bond donors (Lipinski definition) is 1. The van der Waals surface area contributed by atoms with Gasteiger partial charge in [-0.1, -0.05) is 6.92 Å².